The number of likely N-dealkylation sites (N-methyl/N-ethyl adjacent to an activating group) is 1. The second-order valence-electron chi connectivity index (χ2n) is 5.23. The lowest BCUT2D eigenvalue weighted by Gasteiger charge is -2.22. The lowest BCUT2D eigenvalue weighted by molar-refractivity contribution is -0.128. The smallest absolute Gasteiger partial charge is 0.242 e. The Hall–Kier alpha value is -2.57. The van der Waals surface area contributed by atoms with Gasteiger partial charge in [0.25, 0.3) is 0 Å². The van der Waals surface area contributed by atoms with E-state index in [4.69, 9.17) is 4.74 Å². The van der Waals surface area contributed by atoms with E-state index in [1.54, 1.807) is 32.0 Å². The number of nitrogens with one attached hydrogen (secondary N) is 2. The van der Waals surface area contributed by atoms with Crippen molar-refractivity contribution >= 4 is 23.4 Å². The third-order valence-electron chi connectivity index (χ3n) is 3.45. The number of hydrogen-bond donors (Lipinski definition) is 2. The molecule has 23 heavy (non-hydrogen) atoms. The molecule has 0 radical (unpaired) electrons. The fourth-order valence-corrected chi connectivity index (χ4v) is 2.32. The molecule has 1 atom stereocenters. The molecule has 0 fully saturated rings. The maximum atomic E-state index is 12.2. The van der Waals surface area contributed by atoms with Crippen LogP contribution in [0.4, 0.5) is 5.69 Å². The number of fused-ring (bicyclic) bond motifs is 1. The van der Waals surface area contributed by atoms with Gasteiger partial charge in [0.05, 0.1) is 18.7 Å². The third-order valence-corrected chi connectivity index (χ3v) is 3.45. The van der Waals surface area contributed by atoms with Crippen molar-refractivity contribution in [2.45, 2.75) is 26.3 Å². The van der Waals surface area contributed by atoms with Gasteiger partial charge in [0.1, 0.15) is 18.3 Å². The number of benzene rings is 1. The predicted octanol–water partition coefficient (Wildman–Crippen LogP) is 0.443. The summed E-state index contributed by atoms with van der Waals surface area (Å²) in [6.07, 6.45) is 0.202. The summed E-state index contributed by atoms with van der Waals surface area (Å²) in [5.41, 5.74) is 0.566. The summed E-state index contributed by atoms with van der Waals surface area (Å²) in [7, 11) is 0. The molecule has 0 spiro atoms. The standard InChI is InChI=1S/C16H21N3O4/c1-3-17-16(22)11(2)18-14(20)10-19-12-6-4-5-7-13(12)23-9-8-15(19)21/h4-7,11H,3,8-10H2,1-2H3,(H,17,22)(H,18,20)/t11-/m1/s1. The van der Waals surface area contributed by atoms with Crippen molar-refractivity contribution < 1.29 is 19.1 Å². The summed E-state index contributed by atoms with van der Waals surface area (Å²) in [6.45, 7) is 4.03. The van der Waals surface area contributed by atoms with Crippen LogP contribution >= 0.6 is 0 Å². The van der Waals surface area contributed by atoms with Gasteiger partial charge in [-0.1, -0.05) is 12.1 Å². The molecule has 0 unspecified atom stereocenters. The van der Waals surface area contributed by atoms with Crippen LogP contribution in [0, 0.1) is 0 Å². The van der Waals surface area contributed by atoms with E-state index in [2.05, 4.69) is 10.6 Å². The van der Waals surface area contributed by atoms with E-state index >= 15 is 0 Å². The second-order valence-corrected chi connectivity index (χ2v) is 5.23. The van der Waals surface area contributed by atoms with Crippen molar-refractivity contribution in [2.24, 2.45) is 0 Å². The normalized spacial score (nSPS) is 15.0. The molecule has 7 nitrogen and oxygen atoms in total. The molecule has 1 heterocycles. The fraction of sp³-hybridized carbons (Fsp3) is 0.438. The quantitative estimate of drug-likeness (QED) is 0.824. The third kappa shape index (κ3) is 4.21. The van der Waals surface area contributed by atoms with Gasteiger partial charge >= 0.3 is 0 Å². The lowest BCUT2D eigenvalue weighted by Crippen LogP contribution is -2.48. The van der Waals surface area contributed by atoms with E-state index in [0.717, 1.165) is 0 Å². The Labute approximate surface area is 135 Å². The molecule has 1 aromatic carbocycles. The predicted molar refractivity (Wildman–Crippen MR) is 85.2 cm³/mol. The van der Waals surface area contributed by atoms with E-state index in [9.17, 15) is 14.4 Å². The minimum atomic E-state index is -0.656. The number of carbonyl (C=O) groups excluding carboxylic acids is 3. The molecule has 0 saturated heterocycles. The van der Waals surface area contributed by atoms with Crippen LogP contribution in [0.2, 0.25) is 0 Å². The van der Waals surface area contributed by atoms with Crippen LogP contribution in [-0.2, 0) is 14.4 Å². The van der Waals surface area contributed by atoms with E-state index in [-0.39, 0.29) is 31.4 Å². The number of nitrogens with zero attached hydrogens (tertiary/aromatic N) is 1. The lowest BCUT2D eigenvalue weighted by atomic mass is 10.2. The molecule has 3 amide bonds. The molecule has 7 heteroatoms. The highest BCUT2D eigenvalue weighted by Crippen LogP contribution is 2.30. The zero-order valence-electron chi connectivity index (χ0n) is 13.3. The molecular formula is C16H21N3O4. The van der Waals surface area contributed by atoms with Crippen LogP contribution in [-0.4, -0.2) is 43.5 Å². The minimum absolute atomic E-state index is 0.150. The monoisotopic (exact) mass is 319 g/mol. The van der Waals surface area contributed by atoms with Crippen LogP contribution in [0.3, 0.4) is 0 Å². The average molecular weight is 319 g/mol. The van der Waals surface area contributed by atoms with Gasteiger partial charge in [-0.3, -0.25) is 19.3 Å². The Bertz CT molecular complexity index is 603. The Morgan fingerprint density at radius 3 is 2.83 bits per heavy atom. The molecule has 0 aliphatic carbocycles. The molecule has 2 rings (SSSR count). The second kappa shape index (κ2) is 7.62. The highest BCUT2D eigenvalue weighted by molar-refractivity contribution is 6.01. The summed E-state index contributed by atoms with van der Waals surface area (Å²) in [5, 5.41) is 5.23. The number of rotatable bonds is 5. The largest absolute Gasteiger partial charge is 0.491 e. The molecule has 124 valence electrons. The van der Waals surface area contributed by atoms with E-state index in [1.807, 2.05) is 6.07 Å². The molecule has 1 aliphatic rings. The molecule has 1 aliphatic heterocycles. The Kier molecular flexibility index (Phi) is 5.56. The topological polar surface area (TPSA) is 87.7 Å². The molecule has 0 aromatic heterocycles. The van der Waals surface area contributed by atoms with E-state index < -0.39 is 11.9 Å². The van der Waals surface area contributed by atoms with Crippen molar-refractivity contribution in [2.75, 3.05) is 24.6 Å². The SMILES string of the molecule is CCNC(=O)[C@@H](C)NC(=O)CN1C(=O)CCOc2ccccc21. The van der Waals surface area contributed by atoms with Gasteiger partial charge in [0, 0.05) is 6.54 Å². The highest BCUT2D eigenvalue weighted by Gasteiger charge is 2.26. The van der Waals surface area contributed by atoms with Gasteiger partial charge in [0.2, 0.25) is 17.7 Å². The first-order chi connectivity index (χ1) is 11.0. The van der Waals surface area contributed by atoms with Gasteiger partial charge in [0.15, 0.2) is 0 Å². The molecular weight excluding hydrogens is 298 g/mol. The summed E-state index contributed by atoms with van der Waals surface area (Å²) >= 11 is 0. The Morgan fingerprint density at radius 1 is 1.35 bits per heavy atom. The van der Waals surface area contributed by atoms with E-state index in [0.29, 0.717) is 18.0 Å². The maximum absolute atomic E-state index is 12.2. The van der Waals surface area contributed by atoms with Gasteiger partial charge in [-0.05, 0) is 26.0 Å². The zero-order valence-corrected chi connectivity index (χ0v) is 13.3. The van der Waals surface area contributed by atoms with Crippen molar-refractivity contribution in [3.05, 3.63) is 24.3 Å². The molecule has 1 aromatic rings. The molecule has 0 saturated carbocycles. The van der Waals surface area contributed by atoms with Crippen LogP contribution in [0.5, 0.6) is 5.75 Å². The Balaban J connectivity index is 2.07. The fourth-order valence-electron chi connectivity index (χ4n) is 2.32. The first kappa shape index (κ1) is 16.8. The van der Waals surface area contributed by atoms with Crippen molar-refractivity contribution in [3.63, 3.8) is 0 Å². The molecule has 0 bridgehead atoms. The van der Waals surface area contributed by atoms with Crippen molar-refractivity contribution in [1.29, 1.82) is 0 Å². The zero-order chi connectivity index (χ0) is 16.8. The first-order valence-corrected chi connectivity index (χ1v) is 7.62. The van der Waals surface area contributed by atoms with Gasteiger partial charge in [-0.2, -0.15) is 0 Å². The molecule has 2 N–H and O–H groups in total. The first-order valence-electron chi connectivity index (χ1n) is 7.62. The van der Waals surface area contributed by atoms with Crippen molar-refractivity contribution in [1.82, 2.24) is 10.6 Å². The minimum Gasteiger partial charge on any atom is -0.491 e. The number of para-hydroxylation sites is 2. The van der Waals surface area contributed by atoms with Crippen molar-refractivity contribution in [3.8, 4) is 5.75 Å². The van der Waals surface area contributed by atoms with Gasteiger partial charge in [-0.15, -0.1) is 0 Å². The average Bonchev–Trinajstić information content (AvgIpc) is 2.67. The van der Waals surface area contributed by atoms with Crippen LogP contribution in [0.1, 0.15) is 20.3 Å². The number of hydrogen-bond acceptors (Lipinski definition) is 4. The van der Waals surface area contributed by atoms with Crippen LogP contribution in [0.15, 0.2) is 24.3 Å². The number of amides is 3. The number of anilines is 1. The van der Waals surface area contributed by atoms with E-state index in [1.165, 1.54) is 4.90 Å². The van der Waals surface area contributed by atoms with Crippen LogP contribution in [0.25, 0.3) is 0 Å². The summed E-state index contributed by atoms with van der Waals surface area (Å²) in [4.78, 5) is 37.4. The summed E-state index contributed by atoms with van der Waals surface area (Å²) in [5.74, 6) is -0.265. The summed E-state index contributed by atoms with van der Waals surface area (Å²) in [6, 6.07) is 6.43. The summed E-state index contributed by atoms with van der Waals surface area (Å²) < 4.78 is 5.52. The van der Waals surface area contributed by atoms with Crippen LogP contribution < -0.4 is 20.3 Å². The number of carbonyl (C=O) groups is 3. The van der Waals surface area contributed by atoms with Gasteiger partial charge < -0.3 is 15.4 Å². The Morgan fingerprint density at radius 2 is 2.09 bits per heavy atom. The maximum Gasteiger partial charge on any atom is 0.242 e. The number of ether oxygens (including phenoxy) is 1. The highest BCUT2D eigenvalue weighted by atomic mass is 16.5. The van der Waals surface area contributed by atoms with Gasteiger partial charge in [-0.25, -0.2) is 0 Å².